The van der Waals surface area contributed by atoms with Crippen molar-refractivity contribution in [3.63, 3.8) is 0 Å². The van der Waals surface area contributed by atoms with E-state index in [1.807, 2.05) is 45.0 Å². The Balaban J connectivity index is 1.73. The summed E-state index contributed by atoms with van der Waals surface area (Å²) >= 11 is 0. The number of para-hydroxylation sites is 2. The highest BCUT2D eigenvalue weighted by Crippen LogP contribution is 2.26. The molecule has 1 amide bonds. The molecule has 2 aromatic rings. The molecule has 130 valence electrons. The van der Waals surface area contributed by atoms with Gasteiger partial charge in [0.25, 0.3) is 0 Å². The third-order valence-corrected chi connectivity index (χ3v) is 3.26. The SMILES string of the molecule is CCOc1ccccc1OCCCC(=O)Nc1n[nH]c(C(C)C)n1. The second kappa shape index (κ2) is 8.90. The molecule has 0 saturated carbocycles. The molecule has 1 aromatic carbocycles. The zero-order valence-corrected chi connectivity index (χ0v) is 14.3. The van der Waals surface area contributed by atoms with E-state index in [0.29, 0.717) is 43.5 Å². The van der Waals surface area contributed by atoms with Gasteiger partial charge in [0.15, 0.2) is 11.5 Å². The molecular weight excluding hydrogens is 308 g/mol. The van der Waals surface area contributed by atoms with Crippen molar-refractivity contribution in [3.8, 4) is 11.5 Å². The van der Waals surface area contributed by atoms with Crippen molar-refractivity contribution in [1.29, 1.82) is 0 Å². The lowest BCUT2D eigenvalue weighted by atomic mass is 10.2. The number of hydrogen-bond donors (Lipinski definition) is 2. The minimum absolute atomic E-state index is 0.133. The van der Waals surface area contributed by atoms with E-state index in [9.17, 15) is 4.79 Å². The maximum absolute atomic E-state index is 11.9. The standard InChI is InChI=1S/C17H24N4O3/c1-4-23-13-8-5-6-9-14(13)24-11-7-10-15(22)18-17-19-16(12(2)3)20-21-17/h5-6,8-9,12H,4,7,10-11H2,1-3H3,(H2,18,19,20,21,22). The molecular formula is C17H24N4O3. The van der Waals surface area contributed by atoms with Crippen molar-refractivity contribution < 1.29 is 14.3 Å². The number of H-pyrrole nitrogens is 1. The van der Waals surface area contributed by atoms with Gasteiger partial charge < -0.3 is 9.47 Å². The zero-order valence-electron chi connectivity index (χ0n) is 14.3. The van der Waals surface area contributed by atoms with Gasteiger partial charge in [0.1, 0.15) is 5.82 Å². The highest BCUT2D eigenvalue weighted by molar-refractivity contribution is 5.88. The summed E-state index contributed by atoms with van der Waals surface area (Å²) in [5, 5.41) is 9.45. The first-order chi connectivity index (χ1) is 11.6. The van der Waals surface area contributed by atoms with E-state index >= 15 is 0 Å². The summed E-state index contributed by atoms with van der Waals surface area (Å²) in [6, 6.07) is 7.50. The zero-order chi connectivity index (χ0) is 17.4. The molecule has 1 heterocycles. The molecule has 1 aromatic heterocycles. The molecule has 2 N–H and O–H groups in total. The van der Waals surface area contributed by atoms with E-state index in [-0.39, 0.29) is 11.8 Å². The Morgan fingerprint density at radius 2 is 1.96 bits per heavy atom. The molecule has 2 rings (SSSR count). The third-order valence-electron chi connectivity index (χ3n) is 3.26. The van der Waals surface area contributed by atoms with Gasteiger partial charge in [0.2, 0.25) is 11.9 Å². The predicted molar refractivity (Wildman–Crippen MR) is 91.4 cm³/mol. The first kappa shape index (κ1) is 17.8. The second-order valence-electron chi connectivity index (χ2n) is 5.58. The Labute approximate surface area is 141 Å². The Kier molecular flexibility index (Phi) is 6.60. The van der Waals surface area contributed by atoms with Crippen LogP contribution in [0.1, 0.15) is 45.4 Å². The quantitative estimate of drug-likeness (QED) is 0.689. The van der Waals surface area contributed by atoms with Gasteiger partial charge in [-0.1, -0.05) is 26.0 Å². The molecule has 0 radical (unpaired) electrons. The van der Waals surface area contributed by atoms with Gasteiger partial charge in [-0.05, 0) is 25.5 Å². The lowest BCUT2D eigenvalue weighted by Gasteiger charge is -2.11. The first-order valence-electron chi connectivity index (χ1n) is 8.17. The number of nitrogens with zero attached hydrogens (tertiary/aromatic N) is 2. The van der Waals surface area contributed by atoms with E-state index < -0.39 is 0 Å². The Hall–Kier alpha value is -2.57. The normalized spacial score (nSPS) is 10.7. The van der Waals surface area contributed by atoms with Crippen LogP contribution in [0.4, 0.5) is 5.95 Å². The van der Waals surface area contributed by atoms with E-state index in [2.05, 4.69) is 20.5 Å². The number of anilines is 1. The summed E-state index contributed by atoms with van der Waals surface area (Å²) in [7, 11) is 0. The third kappa shape index (κ3) is 5.26. The number of rotatable bonds is 9. The van der Waals surface area contributed by atoms with Crippen molar-refractivity contribution in [1.82, 2.24) is 15.2 Å². The molecule has 0 fully saturated rings. The number of carbonyl (C=O) groups excluding carboxylic acids is 1. The Morgan fingerprint density at radius 3 is 2.58 bits per heavy atom. The summed E-state index contributed by atoms with van der Waals surface area (Å²) in [6.07, 6.45) is 0.927. The van der Waals surface area contributed by atoms with Crippen molar-refractivity contribution >= 4 is 11.9 Å². The first-order valence-corrected chi connectivity index (χ1v) is 8.17. The maximum Gasteiger partial charge on any atom is 0.248 e. The predicted octanol–water partition coefficient (Wildman–Crippen LogP) is 3.12. The van der Waals surface area contributed by atoms with Crippen molar-refractivity contribution in [2.45, 2.75) is 39.5 Å². The fourth-order valence-electron chi connectivity index (χ4n) is 2.03. The molecule has 7 heteroatoms. The van der Waals surface area contributed by atoms with Gasteiger partial charge in [0, 0.05) is 12.3 Å². The van der Waals surface area contributed by atoms with Crippen LogP contribution in [0.2, 0.25) is 0 Å². The average Bonchev–Trinajstić information content (AvgIpc) is 3.02. The molecule has 24 heavy (non-hydrogen) atoms. The number of amides is 1. The van der Waals surface area contributed by atoms with Crippen LogP contribution in [0, 0.1) is 0 Å². The van der Waals surface area contributed by atoms with E-state index in [0.717, 1.165) is 5.82 Å². The van der Waals surface area contributed by atoms with Gasteiger partial charge in [-0.25, -0.2) is 0 Å². The lowest BCUT2D eigenvalue weighted by molar-refractivity contribution is -0.116. The maximum atomic E-state index is 11.9. The smallest absolute Gasteiger partial charge is 0.248 e. The van der Waals surface area contributed by atoms with Crippen LogP contribution < -0.4 is 14.8 Å². The number of ether oxygens (including phenoxy) is 2. The van der Waals surface area contributed by atoms with Crippen LogP contribution in [0.15, 0.2) is 24.3 Å². The summed E-state index contributed by atoms with van der Waals surface area (Å²) in [6.45, 7) is 6.95. The molecule has 0 aliphatic rings. The average molecular weight is 332 g/mol. The van der Waals surface area contributed by atoms with E-state index in [4.69, 9.17) is 9.47 Å². The number of benzene rings is 1. The van der Waals surface area contributed by atoms with Gasteiger partial charge in [-0.2, -0.15) is 4.98 Å². The number of nitrogens with one attached hydrogen (secondary N) is 2. The van der Waals surface area contributed by atoms with Gasteiger partial charge in [-0.3, -0.25) is 15.2 Å². The van der Waals surface area contributed by atoms with E-state index in [1.165, 1.54) is 0 Å². The number of aromatic nitrogens is 3. The minimum atomic E-state index is -0.133. The topological polar surface area (TPSA) is 89.1 Å². The molecule has 0 atom stereocenters. The van der Waals surface area contributed by atoms with Gasteiger partial charge in [0.05, 0.1) is 13.2 Å². The highest BCUT2D eigenvalue weighted by atomic mass is 16.5. The number of hydrogen-bond acceptors (Lipinski definition) is 5. The lowest BCUT2D eigenvalue weighted by Crippen LogP contribution is -2.14. The molecule has 0 aliphatic heterocycles. The van der Waals surface area contributed by atoms with Crippen LogP contribution in [-0.2, 0) is 4.79 Å². The Morgan fingerprint density at radius 1 is 1.25 bits per heavy atom. The van der Waals surface area contributed by atoms with Crippen LogP contribution in [0.5, 0.6) is 11.5 Å². The van der Waals surface area contributed by atoms with Gasteiger partial charge >= 0.3 is 0 Å². The van der Waals surface area contributed by atoms with Crippen molar-refractivity contribution in [3.05, 3.63) is 30.1 Å². The van der Waals surface area contributed by atoms with Crippen molar-refractivity contribution in [2.75, 3.05) is 18.5 Å². The van der Waals surface area contributed by atoms with Crippen LogP contribution in [-0.4, -0.2) is 34.3 Å². The van der Waals surface area contributed by atoms with Crippen molar-refractivity contribution in [2.24, 2.45) is 0 Å². The summed E-state index contributed by atoms with van der Waals surface area (Å²) in [4.78, 5) is 16.1. The summed E-state index contributed by atoms with van der Waals surface area (Å²) in [5.74, 6) is 2.57. The fraction of sp³-hybridized carbons (Fsp3) is 0.471. The summed E-state index contributed by atoms with van der Waals surface area (Å²) < 4.78 is 11.2. The number of carbonyl (C=O) groups is 1. The van der Waals surface area contributed by atoms with Crippen LogP contribution in [0.3, 0.4) is 0 Å². The molecule has 0 aliphatic carbocycles. The fourth-order valence-corrected chi connectivity index (χ4v) is 2.03. The van der Waals surface area contributed by atoms with Gasteiger partial charge in [-0.15, -0.1) is 5.10 Å². The molecule has 0 bridgehead atoms. The molecule has 0 unspecified atom stereocenters. The second-order valence-corrected chi connectivity index (χ2v) is 5.58. The van der Waals surface area contributed by atoms with Crippen LogP contribution >= 0.6 is 0 Å². The highest BCUT2D eigenvalue weighted by Gasteiger charge is 2.10. The minimum Gasteiger partial charge on any atom is -0.490 e. The largest absolute Gasteiger partial charge is 0.490 e. The molecule has 0 spiro atoms. The molecule has 7 nitrogen and oxygen atoms in total. The van der Waals surface area contributed by atoms with Crippen LogP contribution in [0.25, 0.3) is 0 Å². The number of aromatic amines is 1. The Bertz CT molecular complexity index is 655. The summed E-state index contributed by atoms with van der Waals surface area (Å²) in [5.41, 5.74) is 0. The van der Waals surface area contributed by atoms with E-state index in [1.54, 1.807) is 0 Å². The monoisotopic (exact) mass is 332 g/mol. The molecule has 0 saturated heterocycles.